The van der Waals surface area contributed by atoms with Gasteiger partial charge < -0.3 is 20.2 Å². The van der Waals surface area contributed by atoms with Crippen molar-refractivity contribution in [3.05, 3.63) is 54.1 Å². The van der Waals surface area contributed by atoms with Crippen LogP contribution in [0.25, 0.3) is 0 Å². The van der Waals surface area contributed by atoms with Crippen molar-refractivity contribution >= 4 is 23.2 Å². The van der Waals surface area contributed by atoms with Crippen LogP contribution in [0.5, 0.6) is 5.75 Å². The number of nitrogens with zero attached hydrogens (tertiary/aromatic N) is 2. The van der Waals surface area contributed by atoms with E-state index in [2.05, 4.69) is 5.32 Å². The molecule has 2 aromatic carbocycles. The van der Waals surface area contributed by atoms with Gasteiger partial charge in [-0.15, -0.1) is 0 Å². The summed E-state index contributed by atoms with van der Waals surface area (Å²) in [4.78, 5) is 27.5. The molecule has 0 aliphatic carbocycles. The monoisotopic (exact) mass is 361 g/mol. The molecule has 1 aliphatic rings. The van der Waals surface area contributed by atoms with Gasteiger partial charge >= 0.3 is 11.8 Å². The molecule has 2 N–H and O–H groups in total. The van der Waals surface area contributed by atoms with Crippen LogP contribution in [0, 0.1) is 11.6 Å². The molecule has 0 radical (unpaired) electrons. The molecule has 0 spiro atoms. The summed E-state index contributed by atoms with van der Waals surface area (Å²) >= 11 is 0. The minimum Gasteiger partial charge on any atom is -0.506 e. The smallest absolute Gasteiger partial charge is 0.313 e. The molecule has 2 amide bonds. The Balaban J connectivity index is 1.59. The highest BCUT2D eigenvalue weighted by Crippen LogP contribution is 2.27. The maximum atomic E-state index is 13.6. The van der Waals surface area contributed by atoms with Gasteiger partial charge in [0.2, 0.25) is 0 Å². The average molecular weight is 361 g/mol. The fraction of sp³-hybridized carbons (Fsp3) is 0.222. The molecule has 0 atom stereocenters. The number of hydrogen-bond donors (Lipinski definition) is 2. The second kappa shape index (κ2) is 7.38. The minimum absolute atomic E-state index is 0.150. The van der Waals surface area contributed by atoms with Crippen molar-refractivity contribution in [2.45, 2.75) is 0 Å². The number of amides is 2. The number of benzene rings is 2. The van der Waals surface area contributed by atoms with E-state index in [0.29, 0.717) is 24.8 Å². The first-order chi connectivity index (χ1) is 12.5. The Labute approximate surface area is 148 Å². The third-order valence-electron chi connectivity index (χ3n) is 4.16. The lowest BCUT2D eigenvalue weighted by Gasteiger charge is -2.35. The summed E-state index contributed by atoms with van der Waals surface area (Å²) in [5.74, 6) is -3.34. The predicted molar refractivity (Wildman–Crippen MR) is 91.9 cm³/mol. The molecular weight excluding hydrogens is 344 g/mol. The zero-order chi connectivity index (χ0) is 18.7. The van der Waals surface area contributed by atoms with Crippen LogP contribution in [-0.2, 0) is 9.59 Å². The van der Waals surface area contributed by atoms with Crippen molar-refractivity contribution in [3.8, 4) is 5.75 Å². The van der Waals surface area contributed by atoms with E-state index < -0.39 is 23.4 Å². The van der Waals surface area contributed by atoms with E-state index in [9.17, 15) is 23.5 Å². The van der Waals surface area contributed by atoms with E-state index in [1.807, 2.05) is 4.90 Å². The molecule has 2 aromatic rings. The zero-order valence-corrected chi connectivity index (χ0v) is 13.8. The summed E-state index contributed by atoms with van der Waals surface area (Å²) < 4.78 is 26.5. The lowest BCUT2D eigenvalue weighted by Crippen LogP contribution is -2.51. The summed E-state index contributed by atoms with van der Waals surface area (Å²) in [5.41, 5.74) is 0.412. The van der Waals surface area contributed by atoms with Gasteiger partial charge in [0.15, 0.2) is 0 Å². The predicted octanol–water partition coefficient (Wildman–Crippen LogP) is 1.96. The summed E-state index contributed by atoms with van der Waals surface area (Å²) in [5, 5.41) is 12.0. The van der Waals surface area contributed by atoms with E-state index >= 15 is 0 Å². The van der Waals surface area contributed by atoms with Crippen molar-refractivity contribution in [2.75, 3.05) is 36.4 Å². The molecule has 1 saturated heterocycles. The first kappa shape index (κ1) is 17.7. The highest BCUT2D eigenvalue weighted by Gasteiger charge is 2.27. The van der Waals surface area contributed by atoms with E-state index in [1.165, 1.54) is 4.90 Å². The zero-order valence-electron chi connectivity index (χ0n) is 13.8. The Bertz CT molecular complexity index is 836. The van der Waals surface area contributed by atoms with Crippen molar-refractivity contribution in [1.82, 2.24) is 4.90 Å². The van der Waals surface area contributed by atoms with E-state index in [1.54, 1.807) is 24.3 Å². The number of aromatic hydroxyl groups is 1. The van der Waals surface area contributed by atoms with Crippen LogP contribution in [0.4, 0.5) is 20.2 Å². The standard InChI is InChI=1S/C18H17F2N3O3/c19-12-5-6-14(13(20)11-12)21-17(25)18(26)23-9-7-22(8-10-23)15-3-1-2-4-16(15)24/h1-6,11,24H,7-10H2,(H,21,25). The number of anilines is 2. The normalized spacial score (nSPS) is 14.2. The van der Waals surface area contributed by atoms with Gasteiger partial charge in [-0.1, -0.05) is 12.1 Å². The third-order valence-corrected chi connectivity index (χ3v) is 4.16. The molecule has 0 bridgehead atoms. The second-order valence-corrected chi connectivity index (χ2v) is 5.85. The van der Waals surface area contributed by atoms with Crippen LogP contribution in [-0.4, -0.2) is 48.0 Å². The van der Waals surface area contributed by atoms with Crippen LogP contribution in [0.3, 0.4) is 0 Å². The van der Waals surface area contributed by atoms with Gasteiger partial charge in [0.25, 0.3) is 0 Å². The Hall–Kier alpha value is -3.16. The Kier molecular flexibility index (Phi) is 5.01. The summed E-state index contributed by atoms with van der Waals surface area (Å²) in [6.45, 7) is 1.46. The number of rotatable bonds is 2. The van der Waals surface area contributed by atoms with E-state index in [-0.39, 0.29) is 24.5 Å². The van der Waals surface area contributed by atoms with E-state index in [0.717, 1.165) is 12.1 Å². The molecule has 6 nitrogen and oxygen atoms in total. The van der Waals surface area contributed by atoms with Crippen LogP contribution in [0.2, 0.25) is 0 Å². The molecular formula is C18H17F2N3O3. The topological polar surface area (TPSA) is 72.9 Å². The van der Waals surface area contributed by atoms with Crippen LogP contribution < -0.4 is 10.2 Å². The first-order valence-corrected chi connectivity index (χ1v) is 8.04. The SMILES string of the molecule is O=C(Nc1ccc(F)cc1F)C(=O)N1CCN(c2ccccc2O)CC1. The maximum absolute atomic E-state index is 13.6. The highest BCUT2D eigenvalue weighted by atomic mass is 19.1. The number of halogens is 2. The molecule has 26 heavy (non-hydrogen) atoms. The van der Waals surface area contributed by atoms with Crippen LogP contribution >= 0.6 is 0 Å². The van der Waals surface area contributed by atoms with Gasteiger partial charge in [-0.3, -0.25) is 9.59 Å². The lowest BCUT2D eigenvalue weighted by molar-refractivity contribution is -0.143. The number of carbonyl (C=O) groups excluding carboxylic acids is 2. The van der Waals surface area contributed by atoms with Crippen molar-refractivity contribution in [3.63, 3.8) is 0 Å². The molecule has 3 rings (SSSR count). The van der Waals surface area contributed by atoms with Gasteiger partial charge in [-0.05, 0) is 24.3 Å². The van der Waals surface area contributed by atoms with Gasteiger partial charge in [-0.25, -0.2) is 8.78 Å². The molecule has 8 heteroatoms. The summed E-state index contributed by atoms with van der Waals surface area (Å²) in [6.07, 6.45) is 0. The van der Waals surface area contributed by atoms with Gasteiger partial charge in [0.1, 0.15) is 17.4 Å². The minimum atomic E-state index is -0.980. The molecule has 1 aliphatic heterocycles. The number of para-hydroxylation sites is 2. The number of nitrogens with one attached hydrogen (secondary N) is 1. The number of carbonyl (C=O) groups is 2. The van der Waals surface area contributed by atoms with Gasteiger partial charge in [0.05, 0.1) is 11.4 Å². The molecule has 0 unspecified atom stereocenters. The average Bonchev–Trinajstić information content (AvgIpc) is 2.64. The fourth-order valence-corrected chi connectivity index (χ4v) is 2.79. The maximum Gasteiger partial charge on any atom is 0.313 e. The van der Waals surface area contributed by atoms with E-state index in [4.69, 9.17) is 0 Å². The molecule has 1 fully saturated rings. The third kappa shape index (κ3) is 3.74. The number of phenolic OH excluding ortho intramolecular Hbond substituents is 1. The largest absolute Gasteiger partial charge is 0.506 e. The number of hydrogen-bond acceptors (Lipinski definition) is 4. The number of phenols is 1. The Morgan fingerprint density at radius 3 is 2.35 bits per heavy atom. The Morgan fingerprint density at radius 2 is 1.69 bits per heavy atom. The quantitative estimate of drug-likeness (QED) is 0.802. The fourth-order valence-electron chi connectivity index (χ4n) is 2.79. The first-order valence-electron chi connectivity index (χ1n) is 8.04. The molecule has 0 saturated carbocycles. The Morgan fingerprint density at radius 1 is 1.00 bits per heavy atom. The van der Waals surface area contributed by atoms with Crippen molar-refractivity contribution < 1.29 is 23.5 Å². The van der Waals surface area contributed by atoms with Gasteiger partial charge in [-0.2, -0.15) is 0 Å². The molecule has 0 aromatic heterocycles. The van der Waals surface area contributed by atoms with Crippen molar-refractivity contribution in [1.29, 1.82) is 0 Å². The summed E-state index contributed by atoms with van der Waals surface area (Å²) in [7, 11) is 0. The van der Waals surface area contributed by atoms with Gasteiger partial charge in [0, 0.05) is 32.2 Å². The second-order valence-electron chi connectivity index (χ2n) is 5.85. The highest BCUT2D eigenvalue weighted by molar-refractivity contribution is 6.39. The van der Waals surface area contributed by atoms with Crippen LogP contribution in [0.1, 0.15) is 0 Å². The molecule has 136 valence electrons. The lowest BCUT2D eigenvalue weighted by atomic mass is 10.2. The summed E-state index contributed by atoms with van der Waals surface area (Å²) in [6, 6.07) is 9.56. The molecule has 1 heterocycles. The number of piperazine rings is 1. The van der Waals surface area contributed by atoms with Crippen LogP contribution in [0.15, 0.2) is 42.5 Å². The van der Waals surface area contributed by atoms with Crippen molar-refractivity contribution in [2.24, 2.45) is 0 Å².